The molecule has 3 nitrogen and oxygen atoms in total. The molecule has 0 atom stereocenters. The summed E-state index contributed by atoms with van der Waals surface area (Å²) in [5, 5.41) is 7.72. The van der Waals surface area contributed by atoms with Crippen LogP contribution in [0.2, 0.25) is 0 Å². The lowest BCUT2D eigenvalue weighted by molar-refractivity contribution is 0.560. The van der Waals surface area contributed by atoms with E-state index in [0.29, 0.717) is 6.54 Å². The lowest BCUT2D eigenvalue weighted by atomic mass is 10.2. The Hall–Kier alpha value is -1.84. The van der Waals surface area contributed by atoms with E-state index >= 15 is 0 Å². The standard InChI is InChI=1S/C15H20FN3/c1-3-4-8-19-12(2)9-15(18-19)17-11-13-6-5-7-14(16)10-13/h5-7,9-10H,3-4,8,11H2,1-2H3,(H,17,18). The average Bonchev–Trinajstić information content (AvgIpc) is 2.75. The molecule has 0 aliphatic heterocycles. The molecule has 1 aromatic heterocycles. The third-order valence-electron chi connectivity index (χ3n) is 3.07. The first kappa shape index (κ1) is 13.6. The number of anilines is 1. The van der Waals surface area contributed by atoms with E-state index in [1.165, 1.54) is 12.1 Å². The van der Waals surface area contributed by atoms with Gasteiger partial charge in [0, 0.05) is 24.8 Å². The molecule has 0 unspecified atom stereocenters. The maximum atomic E-state index is 13.1. The van der Waals surface area contributed by atoms with Crippen LogP contribution in [-0.2, 0) is 13.1 Å². The van der Waals surface area contributed by atoms with Gasteiger partial charge >= 0.3 is 0 Å². The summed E-state index contributed by atoms with van der Waals surface area (Å²) in [4.78, 5) is 0. The molecule has 19 heavy (non-hydrogen) atoms. The van der Waals surface area contributed by atoms with Gasteiger partial charge in [0.2, 0.25) is 0 Å². The zero-order chi connectivity index (χ0) is 13.7. The number of nitrogens with one attached hydrogen (secondary N) is 1. The van der Waals surface area contributed by atoms with E-state index in [2.05, 4.69) is 24.3 Å². The molecule has 0 saturated carbocycles. The van der Waals surface area contributed by atoms with Crippen molar-refractivity contribution in [1.82, 2.24) is 9.78 Å². The summed E-state index contributed by atoms with van der Waals surface area (Å²) < 4.78 is 15.1. The fourth-order valence-electron chi connectivity index (χ4n) is 1.97. The summed E-state index contributed by atoms with van der Waals surface area (Å²) in [7, 11) is 0. The highest BCUT2D eigenvalue weighted by atomic mass is 19.1. The Balaban J connectivity index is 1.96. The van der Waals surface area contributed by atoms with Gasteiger partial charge in [0.1, 0.15) is 11.6 Å². The lowest BCUT2D eigenvalue weighted by Crippen LogP contribution is -2.04. The van der Waals surface area contributed by atoms with Gasteiger partial charge in [-0.2, -0.15) is 5.10 Å². The van der Waals surface area contributed by atoms with Gasteiger partial charge in [0.05, 0.1) is 0 Å². The quantitative estimate of drug-likeness (QED) is 0.858. The highest BCUT2D eigenvalue weighted by Gasteiger charge is 2.03. The third kappa shape index (κ3) is 3.81. The summed E-state index contributed by atoms with van der Waals surface area (Å²) in [5.41, 5.74) is 2.07. The van der Waals surface area contributed by atoms with E-state index in [1.807, 2.05) is 16.8 Å². The van der Waals surface area contributed by atoms with Crippen molar-refractivity contribution >= 4 is 5.82 Å². The van der Waals surface area contributed by atoms with Crippen molar-refractivity contribution in [3.63, 3.8) is 0 Å². The average molecular weight is 261 g/mol. The molecule has 0 bridgehead atoms. The van der Waals surface area contributed by atoms with Crippen molar-refractivity contribution in [2.75, 3.05) is 5.32 Å². The van der Waals surface area contributed by atoms with Gasteiger partial charge in [0.15, 0.2) is 0 Å². The van der Waals surface area contributed by atoms with Gasteiger partial charge in [-0.15, -0.1) is 0 Å². The normalized spacial score (nSPS) is 10.7. The summed E-state index contributed by atoms with van der Waals surface area (Å²) in [5.74, 6) is 0.641. The first-order valence-electron chi connectivity index (χ1n) is 6.72. The van der Waals surface area contributed by atoms with E-state index in [4.69, 9.17) is 0 Å². The highest BCUT2D eigenvalue weighted by molar-refractivity contribution is 5.36. The molecule has 0 aliphatic carbocycles. The van der Waals surface area contributed by atoms with Crippen LogP contribution in [0.1, 0.15) is 31.0 Å². The predicted octanol–water partition coefficient (Wildman–Crippen LogP) is 3.74. The van der Waals surface area contributed by atoms with Crippen LogP contribution >= 0.6 is 0 Å². The third-order valence-corrected chi connectivity index (χ3v) is 3.07. The molecule has 0 spiro atoms. The van der Waals surface area contributed by atoms with Crippen LogP contribution in [0.3, 0.4) is 0 Å². The van der Waals surface area contributed by atoms with Crippen LogP contribution in [0.4, 0.5) is 10.2 Å². The minimum Gasteiger partial charge on any atom is -0.365 e. The van der Waals surface area contributed by atoms with Crippen molar-refractivity contribution < 1.29 is 4.39 Å². The summed E-state index contributed by atoms with van der Waals surface area (Å²) in [6.45, 7) is 5.75. The minimum atomic E-state index is -0.205. The number of benzene rings is 1. The fourth-order valence-corrected chi connectivity index (χ4v) is 1.97. The predicted molar refractivity (Wildman–Crippen MR) is 75.6 cm³/mol. The fraction of sp³-hybridized carbons (Fsp3) is 0.400. The molecule has 0 saturated heterocycles. The van der Waals surface area contributed by atoms with Crippen LogP contribution in [0.25, 0.3) is 0 Å². The Morgan fingerprint density at radius 3 is 2.89 bits per heavy atom. The van der Waals surface area contributed by atoms with Crippen molar-refractivity contribution in [2.45, 2.75) is 39.8 Å². The summed E-state index contributed by atoms with van der Waals surface area (Å²) >= 11 is 0. The van der Waals surface area contributed by atoms with Crippen molar-refractivity contribution in [2.24, 2.45) is 0 Å². The van der Waals surface area contributed by atoms with E-state index in [-0.39, 0.29) is 5.82 Å². The Labute approximate surface area is 113 Å². The smallest absolute Gasteiger partial charge is 0.148 e. The second-order valence-corrected chi connectivity index (χ2v) is 4.73. The molecular formula is C15H20FN3. The van der Waals surface area contributed by atoms with Crippen LogP contribution in [0.5, 0.6) is 0 Å². The number of halogens is 1. The SMILES string of the molecule is CCCCn1nc(NCc2cccc(F)c2)cc1C. The number of hydrogen-bond donors (Lipinski definition) is 1. The zero-order valence-corrected chi connectivity index (χ0v) is 11.5. The van der Waals surface area contributed by atoms with Crippen LogP contribution in [-0.4, -0.2) is 9.78 Å². The molecule has 1 heterocycles. The summed E-state index contributed by atoms with van der Waals surface area (Å²) in [6.07, 6.45) is 2.29. The Bertz CT molecular complexity index is 534. The molecule has 2 rings (SSSR count). The van der Waals surface area contributed by atoms with Crippen LogP contribution in [0, 0.1) is 12.7 Å². The number of aromatic nitrogens is 2. The maximum Gasteiger partial charge on any atom is 0.148 e. The van der Waals surface area contributed by atoms with Crippen molar-refractivity contribution in [3.05, 3.63) is 47.4 Å². The summed E-state index contributed by atoms with van der Waals surface area (Å²) in [6, 6.07) is 8.63. The van der Waals surface area contributed by atoms with Gasteiger partial charge < -0.3 is 5.32 Å². The molecule has 2 aromatic rings. The number of aryl methyl sites for hydroxylation is 2. The molecule has 1 N–H and O–H groups in total. The Morgan fingerprint density at radius 1 is 1.32 bits per heavy atom. The van der Waals surface area contributed by atoms with E-state index < -0.39 is 0 Å². The number of nitrogens with zero attached hydrogens (tertiary/aromatic N) is 2. The molecule has 0 fully saturated rings. The molecule has 1 aromatic carbocycles. The first-order valence-corrected chi connectivity index (χ1v) is 6.72. The lowest BCUT2D eigenvalue weighted by Gasteiger charge is -2.04. The van der Waals surface area contributed by atoms with Gasteiger partial charge in [-0.1, -0.05) is 25.5 Å². The number of rotatable bonds is 6. The molecular weight excluding hydrogens is 241 g/mol. The van der Waals surface area contributed by atoms with Gasteiger partial charge in [0.25, 0.3) is 0 Å². The molecule has 102 valence electrons. The van der Waals surface area contributed by atoms with E-state index in [9.17, 15) is 4.39 Å². The van der Waals surface area contributed by atoms with Crippen molar-refractivity contribution in [3.8, 4) is 0 Å². The molecule has 0 aliphatic rings. The topological polar surface area (TPSA) is 29.9 Å². The molecule has 0 radical (unpaired) electrons. The van der Waals surface area contributed by atoms with E-state index in [1.54, 1.807) is 6.07 Å². The van der Waals surface area contributed by atoms with Gasteiger partial charge in [-0.3, -0.25) is 4.68 Å². The van der Waals surface area contributed by atoms with E-state index in [0.717, 1.165) is 36.5 Å². The monoisotopic (exact) mass is 261 g/mol. The van der Waals surface area contributed by atoms with Gasteiger partial charge in [-0.25, -0.2) is 4.39 Å². The van der Waals surface area contributed by atoms with Crippen molar-refractivity contribution in [1.29, 1.82) is 0 Å². The molecule has 4 heteroatoms. The highest BCUT2D eigenvalue weighted by Crippen LogP contribution is 2.12. The Morgan fingerprint density at radius 2 is 2.16 bits per heavy atom. The minimum absolute atomic E-state index is 0.205. The second kappa shape index (κ2) is 6.36. The molecule has 0 amide bonds. The largest absolute Gasteiger partial charge is 0.365 e. The Kier molecular flexibility index (Phi) is 4.55. The maximum absolute atomic E-state index is 13.1. The zero-order valence-electron chi connectivity index (χ0n) is 11.5. The second-order valence-electron chi connectivity index (χ2n) is 4.73. The number of hydrogen-bond acceptors (Lipinski definition) is 2. The van der Waals surface area contributed by atoms with Crippen LogP contribution in [0.15, 0.2) is 30.3 Å². The number of unbranched alkanes of at least 4 members (excludes halogenated alkanes) is 1. The first-order chi connectivity index (χ1) is 9.19. The van der Waals surface area contributed by atoms with Gasteiger partial charge in [-0.05, 0) is 31.0 Å². The van der Waals surface area contributed by atoms with Crippen LogP contribution < -0.4 is 5.32 Å².